The Morgan fingerprint density at radius 3 is 2.71 bits per heavy atom. The van der Waals surface area contributed by atoms with Crippen LogP contribution in [-0.4, -0.2) is 42.5 Å². The summed E-state index contributed by atoms with van der Waals surface area (Å²) in [6, 6.07) is 5.22. The van der Waals surface area contributed by atoms with Gasteiger partial charge in [-0.05, 0) is 44.4 Å². The monoisotopic (exact) mass is 288 g/mol. The van der Waals surface area contributed by atoms with Crippen LogP contribution in [0, 0.1) is 6.92 Å². The van der Waals surface area contributed by atoms with E-state index in [1.807, 2.05) is 30.0 Å². The number of anilines is 1. The van der Waals surface area contributed by atoms with Crippen molar-refractivity contribution < 1.29 is 14.3 Å². The molecular weight excluding hydrogens is 268 g/mol. The molecule has 0 aliphatic carbocycles. The predicted molar refractivity (Wildman–Crippen MR) is 79.4 cm³/mol. The number of hydrogen-bond donors (Lipinski definition) is 0. The Morgan fingerprint density at radius 2 is 2.00 bits per heavy atom. The minimum absolute atomic E-state index is 0.00627. The molecule has 0 saturated carbocycles. The molecule has 5 nitrogen and oxygen atoms in total. The number of fused-ring (bicyclic) bond motifs is 1. The van der Waals surface area contributed by atoms with Crippen LogP contribution in [-0.2, 0) is 9.59 Å². The van der Waals surface area contributed by atoms with E-state index in [9.17, 15) is 9.59 Å². The van der Waals surface area contributed by atoms with Crippen LogP contribution in [0.2, 0.25) is 0 Å². The van der Waals surface area contributed by atoms with Crippen LogP contribution < -0.4 is 9.64 Å². The van der Waals surface area contributed by atoms with Gasteiger partial charge in [0.1, 0.15) is 11.8 Å². The molecule has 0 radical (unpaired) electrons. The van der Waals surface area contributed by atoms with Gasteiger partial charge in [0.15, 0.2) is 6.61 Å². The summed E-state index contributed by atoms with van der Waals surface area (Å²) in [7, 11) is 0. The minimum Gasteiger partial charge on any atom is -0.482 e. The van der Waals surface area contributed by atoms with E-state index in [1.165, 1.54) is 0 Å². The number of amides is 2. The Bertz CT molecular complexity index is 579. The summed E-state index contributed by atoms with van der Waals surface area (Å²) >= 11 is 0. The fraction of sp³-hybridized carbons (Fsp3) is 0.500. The number of hydrogen-bond acceptors (Lipinski definition) is 3. The lowest BCUT2D eigenvalue weighted by Crippen LogP contribution is -2.52. The highest BCUT2D eigenvalue weighted by atomic mass is 16.5. The first-order chi connectivity index (χ1) is 10.1. The first kappa shape index (κ1) is 13.9. The molecule has 0 aromatic heterocycles. The molecule has 0 spiro atoms. The molecule has 2 amide bonds. The summed E-state index contributed by atoms with van der Waals surface area (Å²) in [6.45, 7) is 5.35. The van der Waals surface area contributed by atoms with Crippen molar-refractivity contribution in [3.05, 3.63) is 23.8 Å². The molecule has 1 atom stereocenters. The number of rotatable bonds is 2. The fourth-order valence-electron chi connectivity index (χ4n) is 3.02. The quantitative estimate of drug-likeness (QED) is 0.833. The topological polar surface area (TPSA) is 49.9 Å². The van der Waals surface area contributed by atoms with E-state index in [1.54, 1.807) is 11.8 Å². The van der Waals surface area contributed by atoms with Crippen molar-refractivity contribution in [2.75, 3.05) is 24.6 Å². The third kappa shape index (κ3) is 2.48. The highest BCUT2D eigenvalue weighted by molar-refractivity contribution is 6.03. The van der Waals surface area contributed by atoms with Gasteiger partial charge < -0.3 is 9.64 Å². The maximum Gasteiger partial charge on any atom is 0.265 e. The van der Waals surface area contributed by atoms with Gasteiger partial charge in [-0.1, -0.05) is 6.07 Å². The van der Waals surface area contributed by atoms with Crippen LogP contribution in [0.25, 0.3) is 0 Å². The van der Waals surface area contributed by atoms with Gasteiger partial charge in [0.2, 0.25) is 5.91 Å². The largest absolute Gasteiger partial charge is 0.482 e. The second-order valence-electron chi connectivity index (χ2n) is 5.73. The zero-order valence-corrected chi connectivity index (χ0v) is 12.5. The summed E-state index contributed by atoms with van der Waals surface area (Å²) in [5, 5.41) is 0. The van der Waals surface area contributed by atoms with Crippen LogP contribution in [0.15, 0.2) is 18.2 Å². The molecule has 1 fully saturated rings. The van der Waals surface area contributed by atoms with Gasteiger partial charge in [-0.2, -0.15) is 0 Å². The van der Waals surface area contributed by atoms with E-state index in [-0.39, 0.29) is 18.4 Å². The maximum atomic E-state index is 12.6. The lowest BCUT2D eigenvalue weighted by molar-refractivity contribution is -0.133. The van der Waals surface area contributed by atoms with E-state index in [0.717, 1.165) is 31.5 Å². The smallest absolute Gasteiger partial charge is 0.265 e. The van der Waals surface area contributed by atoms with Gasteiger partial charge in [-0.3, -0.25) is 14.5 Å². The highest BCUT2D eigenvalue weighted by Gasteiger charge is 2.35. The zero-order valence-electron chi connectivity index (χ0n) is 12.5. The van der Waals surface area contributed by atoms with Crippen molar-refractivity contribution in [3.63, 3.8) is 0 Å². The summed E-state index contributed by atoms with van der Waals surface area (Å²) in [4.78, 5) is 28.3. The molecule has 1 aromatic carbocycles. The van der Waals surface area contributed by atoms with Crippen LogP contribution in [0.5, 0.6) is 5.75 Å². The number of likely N-dealkylation sites (tertiary alicyclic amines) is 1. The summed E-state index contributed by atoms with van der Waals surface area (Å²) in [6.07, 6.45) is 2.09. The van der Waals surface area contributed by atoms with Crippen molar-refractivity contribution in [1.82, 2.24) is 4.90 Å². The number of aryl methyl sites for hydroxylation is 1. The van der Waals surface area contributed by atoms with Crippen molar-refractivity contribution >= 4 is 17.5 Å². The number of nitrogens with zero attached hydrogens (tertiary/aromatic N) is 2. The normalized spacial score (nSPS) is 19.2. The SMILES string of the molecule is Cc1ccc2c(c1)N(C(C)C(=O)N1CCCC1)C(=O)CO2. The Labute approximate surface area is 124 Å². The van der Waals surface area contributed by atoms with Gasteiger partial charge in [0.05, 0.1) is 5.69 Å². The molecule has 5 heteroatoms. The molecule has 21 heavy (non-hydrogen) atoms. The van der Waals surface area contributed by atoms with Crippen LogP contribution in [0.1, 0.15) is 25.3 Å². The van der Waals surface area contributed by atoms with Crippen molar-refractivity contribution in [3.8, 4) is 5.75 Å². The number of ether oxygens (including phenoxy) is 1. The van der Waals surface area contributed by atoms with Gasteiger partial charge >= 0.3 is 0 Å². The molecule has 2 aliphatic heterocycles. The highest BCUT2D eigenvalue weighted by Crippen LogP contribution is 2.34. The molecule has 0 N–H and O–H groups in total. The Balaban J connectivity index is 1.91. The standard InChI is InChI=1S/C16H20N2O3/c1-11-5-6-14-13(9-11)18(15(19)10-21-14)12(2)16(20)17-7-3-4-8-17/h5-6,9,12H,3-4,7-8,10H2,1-2H3. The van der Waals surface area contributed by atoms with Crippen LogP contribution in [0.4, 0.5) is 5.69 Å². The maximum absolute atomic E-state index is 12.6. The molecule has 1 aromatic rings. The van der Waals surface area contributed by atoms with E-state index < -0.39 is 6.04 Å². The Hall–Kier alpha value is -2.04. The summed E-state index contributed by atoms with van der Waals surface area (Å²) < 4.78 is 5.46. The lowest BCUT2D eigenvalue weighted by Gasteiger charge is -2.35. The molecule has 1 unspecified atom stereocenters. The molecule has 0 bridgehead atoms. The van der Waals surface area contributed by atoms with Crippen molar-refractivity contribution in [2.45, 2.75) is 32.7 Å². The third-order valence-corrected chi connectivity index (χ3v) is 4.16. The molecule has 112 valence electrons. The molecule has 1 saturated heterocycles. The number of benzene rings is 1. The van der Waals surface area contributed by atoms with Crippen molar-refractivity contribution in [1.29, 1.82) is 0 Å². The molecule has 3 rings (SSSR count). The fourth-order valence-corrected chi connectivity index (χ4v) is 3.02. The van der Waals surface area contributed by atoms with Crippen LogP contribution >= 0.6 is 0 Å². The van der Waals surface area contributed by atoms with E-state index in [2.05, 4.69) is 0 Å². The predicted octanol–water partition coefficient (Wildman–Crippen LogP) is 1.73. The van der Waals surface area contributed by atoms with Crippen LogP contribution in [0.3, 0.4) is 0 Å². The van der Waals surface area contributed by atoms with E-state index in [4.69, 9.17) is 4.74 Å². The minimum atomic E-state index is -0.486. The van der Waals surface area contributed by atoms with Gasteiger partial charge in [-0.15, -0.1) is 0 Å². The summed E-state index contributed by atoms with van der Waals surface area (Å²) in [5.41, 5.74) is 1.74. The number of carbonyl (C=O) groups is 2. The first-order valence-electron chi connectivity index (χ1n) is 7.42. The zero-order chi connectivity index (χ0) is 15.0. The Morgan fingerprint density at radius 1 is 1.29 bits per heavy atom. The molecule has 2 heterocycles. The average molecular weight is 288 g/mol. The van der Waals surface area contributed by atoms with Gasteiger partial charge in [0.25, 0.3) is 5.91 Å². The molecule has 2 aliphatic rings. The molecular formula is C16H20N2O3. The second-order valence-corrected chi connectivity index (χ2v) is 5.73. The van der Waals surface area contributed by atoms with Crippen molar-refractivity contribution in [2.24, 2.45) is 0 Å². The van der Waals surface area contributed by atoms with Gasteiger partial charge in [0, 0.05) is 13.1 Å². The van der Waals surface area contributed by atoms with Gasteiger partial charge in [-0.25, -0.2) is 0 Å². The first-order valence-corrected chi connectivity index (χ1v) is 7.42. The van der Waals surface area contributed by atoms with E-state index >= 15 is 0 Å². The second kappa shape index (κ2) is 5.39. The Kier molecular flexibility index (Phi) is 3.57. The third-order valence-electron chi connectivity index (χ3n) is 4.16. The lowest BCUT2D eigenvalue weighted by atomic mass is 10.1. The summed E-state index contributed by atoms with van der Waals surface area (Å²) in [5.74, 6) is 0.532. The van der Waals surface area contributed by atoms with E-state index in [0.29, 0.717) is 11.4 Å². The average Bonchev–Trinajstić information content (AvgIpc) is 2.99. The number of carbonyl (C=O) groups excluding carboxylic acids is 2.